The van der Waals surface area contributed by atoms with Gasteiger partial charge >= 0.3 is 12.1 Å². The van der Waals surface area contributed by atoms with Crippen LogP contribution in [-0.2, 0) is 36.7 Å². The molecular weight excluding hydrogens is 654 g/mol. The zero-order chi connectivity index (χ0) is 38.6. The molecule has 0 bridgehead atoms. The summed E-state index contributed by atoms with van der Waals surface area (Å²) in [5.41, 5.74) is 1.64. The molecule has 0 fully saturated rings. The van der Waals surface area contributed by atoms with Crippen molar-refractivity contribution in [1.29, 1.82) is 0 Å². The first-order valence-electron chi connectivity index (χ1n) is 18.3. The van der Waals surface area contributed by atoms with Crippen molar-refractivity contribution in [2.24, 2.45) is 5.92 Å². The Morgan fingerprint density at radius 2 is 1.15 bits per heavy atom. The number of aryl methyl sites for hydroxylation is 1. The summed E-state index contributed by atoms with van der Waals surface area (Å²) in [6.45, 7) is 18.7. The fraction of sp³-hybridized carbons (Fsp3) is 0.488. The molecule has 4 atom stereocenters. The molecule has 0 aliphatic carbocycles. The van der Waals surface area contributed by atoms with Crippen molar-refractivity contribution < 1.29 is 28.7 Å². The maximum absolute atomic E-state index is 15.1. The predicted molar refractivity (Wildman–Crippen MR) is 206 cm³/mol. The summed E-state index contributed by atoms with van der Waals surface area (Å²) < 4.78 is 11.4. The second-order valence-corrected chi connectivity index (χ2v) is 16.1. The Bertz CT molecular complexity index is 1590. The van der Waals surface area contributed by atoms with Gasteiger partial charge < -0.3 is 25.0 Å². The molecule has 0 saturated carbocycles. The van der Waals surface area contributed by atoms with Crippen LogP contribution in [-0.4, -0.2) is 58.1 Å². The number of hydrogen-bond donors (Lipinski definition) is 2. The normalized spacial score (nSPS) is 14.1. The molecule has 9 nitrogen and oxygen atoms in total. The van der Waals surface area contributed by atoms with Gasteiger partial charge in [-0.3, -0.25) is 9.59 Å². The highest BCUT2D eigenvalue weighted by Crippen LogP contribution is 2.29. The van der Waals surface area contributed by atoms with Crippen molar-refractivity contribution in [1.82, 2.24) is 15.5 Å². The van der Waals surface area contributed by atoms with Crippen molar-refractivity contribution in [2.75, 3.05) is 0 Å². The molecule has 0 heterocycles. The third-order valence-corrected chi connectivity index (χ3v) is 8.37. The van der Waals surface area contributed by atoms with Crippen LogP contribution in [0.25, 0.3) is 0 Å². The number of nitrogens with one attached hydrogen (secondary N) is 2. The topological polar surface area (TPSA) is 114 Å². The third-order valence-electron chi connectivity index (χ3n) is 8.37. The third kappa shape index (κ3) is 13.8. The van der Waals surface area contributed by atoms with E-state index < -0.39 is 59.2 Å². The molecule has 282 valence electrons. The Hall–Kier alpha value is -4.66. The summed E-state index contributed by atoms with van der Waals surface area (Å²) in [5, 5.41) is 5.83. The van der Waals surface area contributed by atoms with Crippen LogP contribution in [0.3, 0.4) is 0 Å². The van der Waals surface area contributed by atoms with E-state index in [1.54, 1.807) is 46.4 Å². The van der Waals surface area contributed by atoms with Gasteiger partial charge in [0.2, 0.25) is 11.8 Å². The minimum absolute atomic E-state index is 0.170. The molecule has 2 N–H and O–H groups in total. The average molecular weight is 714 g/mol. The number of amides is 3. The van der Waals surface area contributed by atoms with Crippen LogP contribution in [0, 0.1) is 12.8 Å². The van der Waals surface area contributed by atoms with Crippen molar-refractivity contribution >= 4 is 23.9 Å². The highest BCUT2D eigenvalue weighted by atomic mass is 16.6. The molecule has 0 saturated heterocycles. The van der Waals surface area contributed by atoms with Gasteiger partial charge in [-0.1, -0.05) is 104 Å². The maximum atomic E-state index is 15.1. The smallest absolute Gasteiger partial charge is 0.408 e. The van der Waals surface area contributed by atoms with Crippen LogP contribution >= 0.6 is 0 Å². The Balaban J connectivity index is 2.17. The number of esters is 1. The van der Waals surface area contributed by atoms with E-state index in [4.69, 9.17) is 9.47 Å². The van der Waals surface area contributed by atoms with Crippen molar-refractivity contribution in [3.05, 3.63) is 107 Å². The molecule has 3 rings (SSSR count). The second-order valence-electron chi connectivity index (χ2n) is 16.1. The standard InChI is InChI=1S/C43H59N3O6/c1-29(2)21-24-31(4)46(39(48)35(27-32-17-13-11-14-18-32)45-41(50)52-43(8,9)10)37(34-25-22-30(3)23-26-34)38(47)44-36(40(49)51-42(5,6)7)28-33-19-15-12-16-20-33/h11-20,22-23,25-26,29,31,35-37H,21,24,27-28H2,1-10H3,(H,44,47)(H,45,50). The van der Waals surface area contributed by atoms with Crippen LogP contribution in [0.5, 0.6) is 0 Å². The van der Waals surface area contributed by atoms with Crippen LogP contribution < -0.4 is 10.6 Å². The Morgan fingerprint density at radius 1 is 0.654 bits per heavy atom. The van der Waals surface area contributed by atoms with Crippen LogP contribution in [0.4, 0.5) is 4.79 Å². The lowest BCUT2D eigenvalue weighted by Gasteiger charge is -2.39. The SMILES string of the molecule is Cc1ccc(C(C(=O)NC(Cc2ccccc2)C(=O)OC(C)(C)C)N(C(=O)C(Cc2ccccc2)NC(=O)OC(C)(C)C)C(C)CCC(C)C)cc1. The number of ether oxygens (including phenoxy) is 2. The number of benzene rings is 3. The van der Waals surface area contributed by atoms with E-state index in [0.717, 1.165) is 23.1 Å². The van der Waals surface area contributed by atoms with E-state index in [9.17, 15) is 14.4 Å². The lowest BCUT2D eigenvalue weighted by molar-refractivity contribution is -0.159. The van der Waals surface area contributed by atoms with Gasteiger partial charge in [-0.25, -0.2) is 9.59 Å². The molecule has 9 heteroatoms. The largest absolute Gasteiger partial charge is 0.458 e. The Labute approximate surface area is 310 Å². The van der Waals surface area contributed by atoms with Gasteiger partial charge in [0.05, 0.1) is 0 Å². The predicted octanol–water partition coefficient (Wildman–Crippen LogP) is 7.89. The van der Waals surface area contributed by atoms with E-state index in [1.807, 2.05) is 98.8 Å². The Kier molecular flexibility index (Phi) is 15.0. The van der Waals surface area contributed by atoms with E-state index in [-0.39, 0.29) is 12.8 Å². The van der Waals surface area contributed by atoms with Gasteiger partial charge in [0.15, 0.2) is 0 Å². The van der Waals surface area contributed by atoms with E-state index in [1.165, 1.54) is 0 Å². The number of alkyl carbamates (subject to hydrolysis) is 1. The fourth-order valence-electron chi connectivity index (χ4n) is 5.85. The van der Waals surface area contributed by atoms with Gasteiger partial charge in [-0.05, 0) is 90.8 Å². The van der Waals surface area contributed by atoms with Crippen molar-refractivity contribution in [3.63, 3.8) is 0 Å². The number of nitrogens with zero attached hydrogens (tertiary/aromatic N) is 1. The fourth-order valence-corrected chi connectivity index (χ4v) is 5.85. The summed E-state index contributed by atoms with van der Waals surface area (Å²) in [6, 6.07) is 22.6. The first-order valence-corrected chi connectivity index (χ1v) is 18.3. The van der Waals surface area contributed by atoms with Gasteiger partial charge in [0.1, 0.15) is 29.3 Å². The zero-order valence-corrected chi connectivity index (χ0v) is 32.7. The lowest BCUT2D eigenvalue weighted by Crippen LogP contribution is -2.57. The minimum atomic E-state index is -1.14. The monoisotopic (exact) mass is 713 g/mol. The van der Waals surface area contributed by atoms with Gasteiger partial charge in [-0.2, -0.15) is 0 Å². The van der Waals surface area contributed by atoms with Gasteiger partial charge in [-0.15, -0.1) is 0 Å². The molecule has 3 aromatic carbocycles. The second kappa shape index (κ2) is 18.7. The summed E-state index contributed by atoms with van der Waals surface area (Å²) in [4.78, 5) is 58.5. The highest BCUT2D eigenvalue weighted by molar-refractivity contribution is 5.94. The summed E-state index contributed by atoms with van der Waals surface area (Å²) in [6.07, 6.45) is 1.02. The molecule has 0 radical (unpaired) electrons. The van der Waals surface area contributed by atoms with Crippen molar-refractivity contribution in [3.8, 4) is 0 Å². The quantitative estimate of drug-likeness (QED) is 0.155. The van der Waals surface area contributed by atoms with Crippen molar-refractivity contribution in [2.45, 2.75) is 130 Å². The van der Waals surface area contributed by atoms with Crippen LogP contribution in [0.1, 0.15) is 103 Å². The zero-order valence-electron chi connectivity index (χ0n) is 32.7. The van der Waals surface area contributed by atoms with Crippen LogP contribution in [0.15, 0.2) is 84.9 Å². The average Bonchev–Trinajstić information content (AvgIpc) is 3.05. The molecule has 3 aromatic rings. The van der Waals surface area contributed by atoms with Gasteiger partial charge in [0.25, 0.3) is 0 Å². The Morgan fingerprint density at radius 3 is 1.63 bits per heavy atom. The molecule has 0 spiro atoms. The molecule has 0 aliphatic rings. The first kappa shape index (κ1) is 41.8. The number of carbonyl (C=O) groups excluding carboxylic acids is 4. The van der Waals surface area contributed by atoms with E-state index in [0.29, 0.717) is 17.9 Å². The number of hydrogen-bond acceptors (Lipinski definition) is 6. The molecule has 0 aliphatic heterocycles. The number of rotatable bonds is 15. The first-order chi connectivity index (χ1) is 24.3. The summed E-state index contributed by atoms with van der Waals surface area (Å²) in [7, 11) is 0. The molecule has 4 unspecified atom stereocenters. The number of carbonyl (C=O) groups is 4. The minimum Gasteiger partial charge on any atom is -0.458 e. The van der Waals surface area contributed by atoms with E-state index in [2.05, 4.69) is 24.5 Å². The maximum Gasteiger partial charge on any atom is 0.408 e. The lowest BCUT2D eigenvalue weighted by atomic mass is 9.95. The molecule has 52 heavy (non-hydrogen) atoms. The van der Waals surface area contributed by atoms with E-state index >= 15 is 4.79 Å². The van der Waals surface area contributed by atoms with Gasteiger partial charge in [0, 0.05) is 18.9 Å². The molecule has 0 aromatic heterocycles. The summed E-state index contributed by atoms with van der Waals surface area (Å²) in [5.74, 6) is -1.21. The summed E-state index contributed by atoms with van der Waals surface area (Å²) >= 11 is 0. The molecular formula is C43H59N3O6. The van der Waals surface area contributed by atoms with Crippen LogP contribution in [0.2, 0.25) is 0 Å². The highest BCUT2D eigenvalue weighted by Gasteiger charge is 2.40. The molecule has 3 amide bonds.